The maximum Gasteiger partial charge on any atom is 0.326 e. The van der Waals surface area contributed by atoms with Crippen LogP contribution in [0.25, 0.3) is 0 Å². The van der Waals surface area contributed by atoms with Crippen molar-refractivity contribution in [3.63, 3.8) is 0 Å². The van der Waals surface area contributed by atoms with Gasteiger partial charge in [-0.15, -0.1) is 11.3 Å². The fourth-order valence-electron chi connectivity index (χ4n) is 3.10. The van der Waals surface area contributed by atoms with Crippen molar-refractivity contribution in [1.29, 1.82) is 0 Å². The zero-order valence-electron chi connectivity index (χ0n) is 16.9. The number of carbonyl (C=O) groups excluding carboxylic acids is 1. The molecular formula is C20H19FN4O5S2. The lowest BCUT2D eigenvalue weighted by molar-refractivity contribution is -0.117. The number of nitrogens with one attached hydrogen (secondary N) is 2. The van der Waals surface area contributed by atoms with Crippen molar-refractivity contribution in [2.24, 2.45) is 0 Å². The summed E-state index contributed by atoms with van der Waals surface area (Å²) < 4.78 is 53.3. The summed E-state index contributed by atoms with van der Waals surface area (Å²) in [6, 6.07) is 9.81. The van der Waals surface area contributed by atoms with Crippen LogP contribution in [0.15, 0.2) is 48.0 Å². The van der Waals surface area contributed by atoms with Crippen molar-refractivity contribution in [2.75, 3.05) is 23.3 Å². The van der Waals surface area contributed by atoms with E-state index in [0.29, 0.717) is 20.7 Å². The number of anilines is 2. The zero-order chi connectivity index (χ0) is 22.7. The predicted molar refractivity (Wildman–Crippen MR) is 118 cm³/mol. The standard InChI is InChI=1S/C20H19FN4O5S2/c1-29-15-4-2-13(3-5-15)12-30-17-9-14(10-23-20-22-6-7-31-20)8-16(21)19(17)25-11-18(26)24-32(25,27)28/h2-9H,10-12H2,1H3,(H,22,23)(H,24,26). The lowest BCUT2D eigenvalue weighted by atomic mass is 10.1. The molecule has 0 unspecified atom stereocenters. The summed E-state index contributed by atoms with van der Waals surface area (Å²) in [5, 5.41) is 5.53. The van der Waals surface area contributed by atoms with Crippen molar-refractivity contribution in [3.05, 3.63) is 64.9 Å². The highest BCUT2D eigenvalue weighted by Gasteiger charge is 2.37. The number of amides is 1. The van der Waals surface area contributed by atoms with Gasteiger partial charge in [-0.3, -0.25) is 4.79 Å². The monoisotopic (exact) mass is 478 g/mol. The maximum absolute atomic E-state index is 15.1. The van der Waals surface area contributed by atoms with Crippen molar-refractivity contribution in [2.45, 2.75) is 13.2 Å². The number of hydrogen-bond donors (Lipinski definition) is 2. The average molecular weight is 479 g/mol. The topological polar surface area (TPSA) is 110 Å². The second kappa shape index (κ2) is 9.01. The first-order chi connectivity index (χ1) is 15.4. The lowest BCUT2D eigenvalue weighted by Gasteiger charge is -2.21. The number of carbonyl (C=O) groups is 1. The summed E-state index contributed by atoms with van der Waals surface area (Å²) in [7, 11) is -2.66. The molecule has 1 aliphatic heterocycles. The number of halogens is 1. The number of hydrogen-bond acceptors (Lipinski definition) is 8. The molecule has 168 valence electrons. The Bertz CT molecular complexity index is 1220. The van der Waals surface area contributed by atoms with E-state index in [9.17, 15) is 13.2 Å². The van der Waals surface area contributed by atoms with Crippen LogP contribution in [0, 0.1) is 5.82 Å². The van der Waals surface area contributed by atoms with Gasteiger partial charge in [-0.2, -0.15) is 8.42 Å². The van der Waals surface area contributed by atoms with E-state index in [1.54, 1.807) is 49.0 Å². The van der Waals surface area contributed by atoms with E-state index in [1.807, 2.05) is 4.72 Å². The number of benzene rings is 2. The molecule has 2 heterocycles. The molecule has 1 fully saturated rings. The molecule has 2 aromatic carbocycles. The minimum atomic E-state index is -4.21. The van der Waals surface area contributed by atoms with Crippen molar-refractivity contribution >= 4 is 38.3 Å². The number of rotatable bonds is 8. The molecule has 0 atom stereocenters. The number of ether oxygens (including phenoxy) is 2. The van der Waals surface area contributed by atoms with Gasteiger partial charge < -0.3 is 14.8 Å². The molecule has 9 nitrogen and oxygen atoms in total. The first-order valence-corrected chi connectivity index (χ1v) is 11.7. The first kappa shape index (κ1) is 21.8. The minimum absolute atomic E-state index is 0.00293. The predicted octanol–water partition coefficient (Wildman–Crippen LogP) is 2.66. The van der Waals surface area contributed by atoms with Gasteiger partial charge >= 0.3 is 10.2 Å². The van der Waals surface area contributed by atoms with E-state index < -0.39 is 28.5 Å². The third-order valence-electron chi connectivity index (χ3n) is 4.59. The van der Waals surface area contributed by atoms with Gasteiger partial charge in [0.2, 0.25) is 0 Å². The highest BCUT2D eigenvalue weighted by molar-refractivity contribution is 7.92. The summed E-state index contributed by atoms with van der Waals surface area (Å²) in [6.07, 6.45) is 1.64. The van der Waals surface area contributed by atoms with Crippen LogP contribution < -0.4 is 23.8 Å². The normalized spacial score (nSPS) is 14.8. The Morgan fingerprint density at radius 2 is 2.03 bits per heavy atom. The van der Waals surface area contributed by atoms with Gasteiger partial charge in [-0.1, -0.05) is 12.1 Å². The van der Waals surface area contributed by atoms with E-state index in [1.165, 1.54) is 17.4 Å². The fraction of sp³-hybridized carbons (Fsp3) is 0.200. The van der Waals surface area contributed by atoms with E-state index in [4.69, 9.17) is 9.47 Å². The molecule has 3 aromatic rings. The minimum Gasteiger partial charge on any atom is -0.497 e. The van der Waals surface area contributed by atoms with Crippen LogP contribution in [0.2, 0.25) is 0 Å². The van der Waals surface area contributed by atoms with Gasteiger partial charge in [0, 0.05) is 18.1 Å². The largest absolute Gasteiger partial charge is 0.497 e. The van der Waals surface area contributed by atoms with Gasteiger partial charge in [0.25, 0.3) is 5.91 Å². The second-order valence-corrected chi connectivity index (χ2v) is 9.28. The van der Waals surface area contributed by atoms with Crippen LogP contribution in [0.4, 0.5) is 15.2 Å². The van der Waals surface area contributed by atoms with Crippen molar-refractivity contribution < 1.29 is 27.1 Å². The van der Waals surface area contributed by atoms with Gasteiger partial charge in [0.1, 0.15) is 30.3 Å². The SMILES string of the molecule is COc1ccc(COc2cc(CNc3nccs3)cc(F)c2N2CC(=O)NS2(=O)=O)cc1. The zero-order valence-corrected chi connectivity index (χ0v) is 18.5. The highest BCUT2D eigenvalue weighted by Crippen LogP contribution is 2.36. The van der Waals surface area contributed by atoms with Crippen LogP contribution >= 0.6 is 11.3 Å². The number of aromatic nitrogens is 1. The summed E-state index contributed by atoms with van der Waals surface area (Å²) in [4.78, 5) is 15.8. The fourth-order valence-corrected chi connectivity index (χ4v) is 4.79. The molecule has 2 N–H and O–H groups in total. The van der Waals surface area contributed by atoms with E-state index >= 15 is 4.39 Å². The maximum atomic E-state index is 15.1. The summed E-state index contributed by atoms with van der Waals surface area (Å²) in [5.41, 5.74) is 0.957. The number of methoxy groups -OCH3 is 1. The average Bonchev–Trinajstić information content (AvgIpc) is 3.37. The molecule has 0 saturated carbocycles. The summed E-state index contributed by atoms with van der Waals surface area (Å²) >= 11 is 1.39. The van der Waals surface area contributed by atoms with E-state index in [-0.39, 0.29) is 24.6 Å². The van der Waals surface area contributed by atoms with Crippen molar-refractivity contribution in [1.82, 2.24) is 9.71 Å². The molecule has 32 heavy (non-hydrogen) atoms. The molecule has 1 aromatic heterocycles. The van der Waals surface area contributed by atoms with E-state index in [2.05, 4.69) is 10.3 Å². The lowest BCUT2D eigenvalue weighted by Crippen LogP contribution is -2.30. The molecule has 1 saturated heterocycles. The Hall–Kier alpha value is -3.38. The highest BCUT2D eigenvalue weighted by atomic mass is 32.2. The molecule has 0 bridgehead atoms. The first-order valence-electron chi connectivity index (χ1n) is 9.40. The third kappa shape index (κ3) is 4.75. The molecular weight excluding hydrogens is 459 g/mol. The van der Waals surface area contributed by atoms with Crippen LogP contribution in [0.1, 0.15) is 11.1 Å². The van der Waals surface area contributed by atoms with Gasteiger partial charge in [-0.05, 0) is 35.4 Å². The molecule has 0 radical (unpaired) electrons. The second-order valence-electron chi connectivity index (χ2n) is 6.79. The van der Waals surface area contributed by atoms with Crippen LogP contribution in [0.3, 0.4) is 0 Å². The summed E-state index contributed by atoms with van der Waals surface area (Å²) in [5.74, 6) is -0.909. The molecule has 0 aliphatic carbocycles. The summed E-state index contributed by atoms with van der Waals surface area (Å²) in [6.45, 7) is -0.239. The Balaban J connectivity index is 1.64. The van der Waals surface area contributed by atoms with Gasteiger partial charge in [0.15, 0.2) is 10.9 Å². The molecule has 0 spiro atoms. The molecule has 12 heteroatoms. The van der Waals surface area contributed by atoms with Gasteiger partial charge in [0.05, 0.1) is 7.11 Å². The van der Waals surface area contributed by atoms with Crippen molar-refractivity contribution in [3.8, 4) is 11.5 Å². The Kier molecular flexibility index (Phi) is 6.15. The van der Waals surface area contributed by atoms with Gasteiger partial charge in [-0.25, -0.2) is 18.4 Å². The Morgan fingerprint density at radius 1 is 1.25 bits per heavy atom. The number of thiazole rings is 1. The quantitative estimate of drug-likeness (QED) is 0.512. The Morgan fingerprint density at radius 3 is 2.66 bits per heavy atom. The van der Waals surface area contributed by atoms with Crippen LogP contribution in [-0.4, -0.2) is 33.0 Å². The molecule has 1 aliphatic rings. The van der Waals surface area contributed by atoms with Crippen LogP contribution in [0.5, 0.6) is 11.5 Å². The van der Waals surface area contributed by atoms with E-state index in [0.717, 1.165) is 5.56 Å². The molecule has 4 rings (SSSR count). The van der Waals surface area contributed by atoms with Crippen LogP contribution in [-0.2, 0) is 28.2 Å². The Labute approximate surface area is 188 Å². The molecule has 1 amide bonds. The smallest absolute Gasteiger partial charge is 0.326 e. The number of nitrogens with zero attached hydrogens (tertiary/aromatic N) is 2. The third-order valence-corrected chi connectivity index (χ3v) is 6.70.